The third kappa shape index (κ3) is 7.51. The van der Waals surface area contributed by atoms with Gasteiger partial charge in [-0.15, -0.1) is 0 Å². The van der Waals surface area contributed by atoms with Gasteiger partial charge in [0.15, 0.2) is 11.5 Å². The molecule has 2 heterocycles. The standard InChI is InChI=1S/C37H40N4O6/c1-24-19-41(25(2)22-42)36(43)31-17-29(38-37(44)39-30-14-16-33-34(18-30)46-23-45-33)13-15-32(31)47-35(24)21-40(3)20-26-9-11-28(12-10-26)27-7-5-4-6-8-27/h4-18,24-25,35,42H,19-23H2,1-3H3,(H2,38,39,44)/t24-,25+,35-/m0/s1. The van der Waals surface area contributed by atoms with Crippen molar-refractivity contribution in [2.75, 3.05) is 44.2 Å². The molecule has 244 valence electrons. The van der Waals surface area contributed by atoms with Gasteiger partial charge in [0.05, 0.1) is 18.2 Å². The quantitative estimate of drug-likeness (QED) is 0.204. The van der Waals surface area contributed by atoms with Gasteiger partial charge in [0.2, 0.25) is 6.79 Å². The van der Waals surface area contributed by atoms with Crippen molar-refractivity contribution in [2.45, 2.75) is 32.5 Å². The average molecular weight is 637 g/mol. The Kier molecular flexibility index (Phi) is 9.60. The van der Waals surface area contributed by atoms with E-state index in [1.165, 1.54) is 16.7 Å². The number of carbonyl (C=O) groups is 2. The maximum absolute atomic E-state index is 13.8. The number of aliphatic hydroxyl groups is 1. The molecular formula is C37H40N4O6. The minimum absolute atomic E-state index is 0.0192. The Hall–Kier alpha value is -5.06. The third-order valence-corrected chi connectivity index (χ3v) is 8.56. The molecule has 3 atom stereocenters. The fourth-order valence-electron chi connectivity index (χ4n) is 5.90. The molecule has 0 aromatic heterocycles. The second-order valence-corrected chi connectivity index (χ2v) is 12.2. The smallest absolute Gasteiger partial charge is 0.323 e. The highest BCUT2D eigenvalue weighted by Crippen LogP contribution is 2.35. The maximum Gasteiger partial charge on any atom is 0.323 e. The fourth-order valence-corrected chi connectivity index (χ4v) is 5.90. The Morgan fingerprint density at radius 3 is 2.30 bits per heavy atom. The number of amides is 3. The van der Waals surface area contributed by atoms with Gasteiger partial charge in [-0.3, -0.25) is 9.69 Å². The highest BCUT2D eigenvalue weighted by molar-refractivity contribution is 6.02. The molecule has 4 aromatic rings. The maximum atomic E-state index is 13.8. The summed E-state index contributed by atoms with van der Waals surface area (Å²) in [4.78, 5) is 30.6. The lowest BCUT2D eigenvalue weighted by Gasteiger charge is -2.38. The number of nitrogens with one attached hydrogen (secondary N) is 2. The van der Waals surface area contributed by atoms with Crippen molar-refractivity contribution < 1.29 is 28.9 Å². The van der Waals surface area contributed by atoms with E-state index in [0.717, 1.165) is 6.54 Å². The van der Waals surface area contributed by atoms with Crippen molar-refractivity contribution in [3.63, 3.8) is 0 Å². The number of carbonyl (C=O) groups excluding carboxylic acids is 2. The normalized spacial score (nSPS) is 17.7. The van der Waals surface area contributed by atoms with Crippen LogP contribution in [-0.2, 0) is 6.54 Å². The number of urea groups is 1. The Bertz CT molecular complexity index is 1710. The number of rotatable bonds is 9. The van der Waals surface area contributed by atoms with E-state index in [1.807, 2.05) is 25.1 Å². The van der Waals surface area contributed by atoms with E-state index in [9.17, 15) is 14.7 Å². The van der Waals surface area contributed by atoms with Crippen LogP contribution in [0.15, 0.2) is 91.0 Å². The minimum Gasteiger partial charge on any atom is -0.488 e. The molecule has 0 saturated carbocycles. The number of hydrogen-bond donors (Lipinski definition) is 3. The van der Waals surface area contributed by atoms with Crippen LogP contribution in [0.3, 0.4) is 0 Å². The Morgan fingerprint density at radius 1 is 0.915 bits per heavy atom. The molecule has 2 aliphatic heterocycles. The van der Waals surface area contributed by atoms with Gasteiger partial charge in [-0.25, -0.2) is 4.79 Å². The van der Waals surface area contributed by atoms with Gasteiger partial charge >= 0.3 is 6.03 Å². The number of fused-ring (bicyclic) bond motifs is 2. The van der Waals surface area contributed by atoms with Crippen molar-refractivity contribution in [1.29, 1.82) is 0 Å². The van der Waals surface area contributed by atoms with Crippen LogP contribution in [0.2, 0.25) is 0 Å². The van der Waals surface area contributed by atoms with Gasteiger partial charge in [0.1, 0.15) is 11.9 Å². The van der Waals surface area contributed by atoms with Crippen LogP contribution in [0, 0.1) is 5.92 Å². The van der Waals surface area contributed by atoms with Crippen LogP contribution in [0.5, 0.6) is 17.2 Å². The molecule has 3 amide bonds. The summed E-state index contributed by atoms with van der Waals surface area (Å²) in [6, 6.07) is 28.2. The predicted molar refractivity (Wildman–Crippen MR) is 181 cm³/mol. The lowest BCUT2D eigenvalue weighted by molar-refractivity contribution is 0.0341. The zero-order valence-corrected chi connectivity index (χ0v) is 26.8. The number of likely N-dealkylation sites (N-methyl/N-ethyl adjacent to an activating group) is 1. The van der Waals surface area contributed by atoms with Crippen LogP contribution < -0.4 is 24.8 Å². The molecule has 0 aliphatic carbocycles. The number of benzene rings is 4. The molecule has 47 heavy (non-hydrogen) atoms. The molecule has 0 bridgehead atoms. The number of nitrogens with zero attached hydrogens (tertiary/aromatic N) is 2. The number of ether oxygens (including phenoxy) is 3. The van der Waals surface area contributed by atoms with Gasteiger partial charge < -0.3 is 34.9 Å². The van der Waals surface area contributed by atoms with Gasteiger partial charge in [0.25, 0.3) is 5.91 Å². The average Bonchev–Trinajstić information content (AvgIpc) is 3.55. The zero-order valence-electron chi connectivity index (χ0n) is 26.8. The van der Waals surface area contributed by atoms with Crippen LogP contribution in [-0.4, -0.2) is 72.5 Å². The van der Waals surface area contributed by atoms with Gasteiger partial charge in [-0.2, -0.15) is 0 Å². The van der Waals surface area contributed by atoms with E-state index in [1.54, 1.807) is 41.3 Å². The molecule has 6 rings (SSSR count). The Balaban J connectivity index is 1.17. The molecule has 4 aromatic carbocycles. The SMILES string of the molecule is C[C@H](CO)N1C[C@H](C)[C@H](CN(C)Cc2ccc(-c3ccccc3)cc2)Oc2ccc(NC(=O)Nc3ccc4c(c3)OCO4)cc2C1=O. The topological polar surface area (TPSA) is 113 Å². The van der Waals surface area contributed by atoms with E-state index in [0.29, 0.717) is 47.3 Å². The van der Waals surface area contributed by atoms with Crippen molar-refractivity contribution in [3.05, 3.63) is 102 Å². The summed E-state index contributed by atoms with van der Waals surface area (Å²) in [5.41, 5.74) is 4.83. The van der Waals surface area contributed by atoms with Crippen LogP contribution in [0.1, 0.15) is 29.8 Å². The van der Waals surface area contributed by atoms with Gasteiger partial charge in [-0.1, -0.05) is 61.5 Å². The van der Waals surface area contributed by atoms with E-state index in [-0.39, 0.29) is 31.3 Å². The number of anilines is 2. The summed E-state index contributed by atoms with van der Waals surface area (Å²) in [7, 11) is 2.06. The summed E-state index contributed by atoms with van der Waals surface area (Å²) in [6.07, 6.45) is -0.239. The van der Waals surface area contributed by atoms with E-state index in [2.05, 4.69) is 65.9 Å². The van der Waals surface area contributed by atoms with E-state index < -0.39 is 12.1 Å². The second-order valence-electron chi connectivity index (χ2n) is 12.2. The fraction of sp³-hybridized carbons (Fsp3) is 0.297. The molecule has 2 aliphatic rings. The summed E-state index contributed by atoms with van der Waals surface area (Å²) in [5.74, 6) is 1.33. The molecule has 3 N–H and O–H groups in total. The van der Waals surface area contributed by atoms with Crippen molar-refractivity contribution in [2.24, 2.45) is 5.92 Å². The summed E-state index contributed by atoms with van der Waals surface area (Å²) < 4.78 is 17.3. The van der Waals surface area contributed by atoms with Gasteiger partial charge in [-0.05, 0) is 61.0 Å². The summed E-state index contributed by atoms with van der Waals surface area (Å²) in [5, 5.41) is 15.6. The first-order valence-corrected chi connectivity index (χ1v) is 15.8. The molecule has 0 radical (unpaired) electrons. The molecule has 0 fully saturated rings. The highest BCUT2D eigenvalue weighted by Gasteiger charge is 2.33. The number of hydrogen-bond acceptors (Lipinski definition) is 7. The lowest BCUT2D eigenvalue weighted by atomic mass is 9.99. The Morgan fingerprint density at radius 2 is 1.57 bits per heavy atom. The van der Waals surface area contributed by atoms with Crippen LogP contribution in [0.25, 0.3) is 11.1 Å². The molecule has 10 nitrogen and oxygen atoms in total. The largest absolute Gasteiger partial charge is 0.488 e. The lowest BCUT2D eigenvalue weighted by Crippen LogP contribution is -2.49. The predicted octanol–water partition coefficient (Wildman–Crippen LogP) is 6.08. The van der Waals surface area contributed by atoms with Crippen molar-refractivity contribution in [1.82, 2.24) is 9.80 Å². The highest BCUT2D eigenvalue weighted by atomic mass is 16.7. The second kappa shape index (κ2) is 14.1. The molecule has 10 heteroatoms. The zero-order chi connectivity index (χ0) is 32.9. The summed E-state index contributed by atoms with van der Waals surface area (Å²) >= 11 is 0. The molecular weight excluding hydrogens is 596 g/mol. The minimum atomic E-state index is -0.478. The van der Waals surface area contributed by atoms with E-state index in [4.69, 9.17) is 14.2 Å². The van der Waals surface area contributed by atoms with Crippen molar-refractivity contribution in [3.8, 4) is 28.4 Å². The first-order chi connectivity index (χ1) is 22.8. The van der Waals surface area contributed by atoms with Crippen molar-refractivity contribution >= 4 is 23.3 Å². The Labute approximate surface area is 274 Å². The molecule has 0 saturated heterocycles. The monoisotopic (exact) mass is 636 g/mol. The first-order valence-electron chi connectivity index (χ1n) is 15.8. The molecule has 0 unspecified atom stereocenters. The molecule has 0 spiro atoms. The third-order valence-electron chi connectivity index (χ3n) is 8.56. The van der Waals surface area contributed by atoms with E-state index >= 15 is 0 Å². The van der Waals surface area contributed by atoms with Crippen LogP contribution in [0.4, 0.5) is 16.2 Å². The van der Waals surface area contributed by atoms with Gasteiger partial charge in [0, 0.05) is 43.0 Å². The first kappa shape index (κ1) is 31.9. The van der Waals surface area contributed by atoms with Crippen LogP contribution >= 0.6 is 0 Å². The summed E-state index contributed by atoms with van der Waals surface area (Å²) in [6.45, 7) is 5.62. The number of aliphatic hydroxyl groups excluding tert-OH is 1.